The third-order valence-electron chi connectivity index (χ3n) is 22.0. The number of pyridine rings is 1. The lowest BCUT2D eigenvalue weighted by Gasteiger charge is -2.34. The van der Waals surface area contributed by atoms with Gasteiger partial charge in [-0.25, -0.2) is 9.52 Å². The summed E-state index contributed by atoms with van der Waals surface area (Å²) >= 11 is 13.8. The Balaban J connectivity index is 0.706. The van der Waals surface area contributed by atoms with Crippen LogP contribution < -0.4 is 29.1 Å². The van der Waals surface area contributed by atoms with Crippen LogP contribution >= 0.6 is 23.2 Å². The van der Waals surface area contributed by atoms with Gasteiger partial charge in [0.25, 0.3) is 21.8 Å². The molecule has 8 heterocycles. The van der Waals surface area contributed by atoms with Crippen LogP contribution in [-0.4, -0.2) is 142 Å². The Morgan fingerprint density at radius 1 is 0.719 bits per heavy atom. The van der Waals surface area contributed by atoms with Gasteiger partial charge in [-0.3, -0.25) is 28.8 Å². The fourth-order valence-corrected chi connectivity index (χ4v) is 17.4. The van der Waals surface area contributed by atoms with E-state index in [1.54, 1.807) is 30.6 Å². The van der Waals surface area contributed by atoms with Gasteiger partial charge in [-0.2, -0.15) is 18.6 Å². The van der Waals surface area contributed by atoms with Crippen molar-refractivity contribution in [3.8, 4) is 39.5 Å². The van der Waals surface area contributed by atoms with Crippen LogP contribution in [0.5, 0.6) is 17.2 Å². The molecule has 2 atom stereocenters. The summed E-state index contributed by atoms with van der Waals surface area (Å²) in [5.74, 6) is -0.817. The number of morpholine rings is 1. The van der Waals surface area contributed by atoms with Crippen LogP contribution in [0, 0.1) is 34.6 Å². The molecule has 2 fully saturated rings. The van der Waals surface area contributed by atoms with Gasteiger partial charge >= 0.3 is 5.97 Å². The van der Waals surface area contributed by atoms with Gasteiger partial charge in [0.1, 0.15) is 35.2 Å². The number of aromatic amines is 1. The largest absolute Gasteiger partial charge is 0.494 e. The lowest BCUT2D eigenvalue weighted by atomic mass is 9.98. The fourth-order valence-electron chi connectivity index (χ4n) is 16.2. The molecule has 2 amide bonds. The molecule has 14 rings (SSSR count). The first-order valence-corrected chi connectivity index (χ1v) is 41.3. The number of aryl methyl sites for hydroxylation is 7. The Morgan fingerprint density at radius 3 is 2.17 bits per heavy atom. The van der Waals surface area contributed by atoms with Crippen LogP contribution in [0.25, 0.3) is 54.8 Å². The number of nitrogens with zero attached hydrogens (tertiary/aromatic N) is 8. The predicted octanol–water partition coefficient (Wildman–Crippen LogP) is 16.6. The number of sulfonamides is 1. The van der Waals surface area contributed by atoms with Gasteiger partial charge in [0.05, 0.1) is 77.8 Å². The Hall–Kier alpha value is -10.5. The number of H-pyrrole nitrogens is 1. The van der Waals surface area contributed by atoms with Gasteiger partial charge in [-0.05, 0) is 211 Å². The molecule has 596 valence electrons. The Bertz CT molecular complexity index is 5620. The number of halogens is 2. The number of hydrogen-bond acceptors (Lipinski definition) is 16. The molecular formula is C88H97Cl2N11O12S. The standard InChI is InChI=1S/C88H97Cl2N11O12S/c1-10-56(5)112-65-32-36-99(37-33-65)63-22-24-64(25-23-63)111-52-74-79(58(7)94-97(74)9)72-19-13-18-70-71(85(88(104)105)100(84(70)72)39-38-98-40-44-108-45-41-98)21-15-43-110-76-50-61(49-62-16-11-12-17-67(62)76)48-55(4)101-59(8)78(57(6)95-101)80-73(89)27-26-69-68(20-14-42-109-66-46-53(2)81(90)54(3)47-66)83(93-82(69)80)87(103)96-114(106,107)77-29-28-75(113-77)86(102)92-51-60-30-34-91-35-31-60/h11-13,16-19,22-31,34-35,46-47,49-50,55-56,65,93H,10,14-15,20-21,32-33,36-45,48,51-52H2,1-9H3,(H,92,102)(H,96,103)(H,104,105). The van der Waals surface area contributed by atoms with E-state index >= 15 is 0 Å². The number of carboxylic acids is 1. The van der Waals surface area contributed by atoms with Crippen molar-refractivity contribution in [3.05, 3.63) is 223 Å². The number of fused-ring (bicyclic) bond motifs is 3. The minimum Gasteiger partial charge on any atom is -0.494 e. The zero-order valence-corrected chi connectivity index (χ0v) is 68.2. The highest BCUT2D eigenvalue weighted by atomic mass is 35.5. The molecule has 0 aliphatic carbocycles. The van der Waals surface area contributed by atoms with Crippen molar-refractivity contribution in [3.63, 3.8) is 0 Å². The summed E-state index contributed by atoms with van der Waals surface area (Å²) in [5.41, 5.74) is 13.7. The minimum atomic E-state index is -4.69. The summed E-state index contributed by atoms with van der Waals surface area (Å²) in [6, 6.07) is 39.7. The fraction of sp³-hybridized carbons (Fsp3) is 0.364. The molecule has 26 heteroatoms. The van der Waals surface area contributed by atoms with Crippen molar-refractivity contribution in [2.45, 2.75) is 150 Å². The molecule has 2 saturated heterocycles. The lowest BCUT2D eigenvalue weighted by molar-refractivity contribution is -0.0155. The molecule has 0 bridgehead atoms. The number of amides is 2. The van der Waals surface area contributed by atoms with E-state index in [1.807, 2.05) is 116 Å². The molecule has 114 heavy (non-hydrogen) atoms. The number of piperidine rings is 1. The van der Waals surface area contributed by atoms with Crippen LogP contribution in [0.1, 0.15) is 147 Å². The summed E-state index contributed by atoms with van der Waals surface area (Å²) in [6.45, 7) is 22.7. The van der Waals surface area contributed by atoms with Crippen molar-refractivity contribution >= 4 is 89.3 Å². The average Bonchev–Trinajstić information content (AvgIpc) is 1.58. The van der Waals surface area contributed by atoms with E-state index in [2.05, 4.69) is 87.0 Å². The maximum atomic E-state index is 14.7. The number of ether oxygens (including phenoxy) is 5. The third kappa shape index (κ3) is 17.4. The molecular weight excluding hydrogens is 1510 g/mol. The molecule has 2 aliphatic rings. The predicted molar refractivity (Wildman–Crippen MR) is 444 cm³/mol. The lowest BCUT2D eigenvalue weighted by Crippen LogP contribution is -2.38. The molecule has 2 unspecified atom stereocenters. The maximum absolute atomic E-state index is 14.7. The SMILES string of the molecule is CCC(C)OC1CCN(c2ccc(OCc3c(-c4cccc5c(CCCOc6cc(CC(C)n7nc(C)c(-c8c(Cl)ccc9c(CCCOc%10cc(C)c(Cl)c(C)c%10)c(C(=O)NS(=O)(=O)c%10ccc(C(=O)NCc%11ccncc%11)o%10)[nH]c89)c7C)cc7ccccc67)c(C(=O)O)n(CCN6CCOCC6)c45)c(C)nn3C)cc2)CC1. The molecule has 6 aromatic heterocycles. The zero-order valence-electron chi connectivity index (χ0n) is 65.8. The van der Waals surface area contributed by atoms with E-state index in [-0.39, 0.29) is 61.6 Å². The first-order chi connectivity index (χ1) is 55.0. The number of nitrogens with one attached hydrogen (secondary N) is 3. The summed E-state index contributed by atoms with van der Waals surface area (Å²) < 4.78 is 73.4. The maximum Gasteiger partial charge on any atom is 0.352 e. The number of carboxylic acid groups (broad SMARTS) is 1. The topological polar surface area (TPSA) is 265 Å². The Labute approximate surface area is 673 Å². The van der Waals surface area contributed by atoms with Gasteiger partial charge in [0.2, 0.25) is 5.09 Å². The van der Waals surface area contributed by atoms with Gasteiger partial charge < -0.3 is 53.0 Å². The number of aromatic nitrogens is 7. The zero-order chi connectivity index (χ0) is 80.1. The summed E-state index contributed by atoms with van der Waals surface area (Å²) in [5, 5.41) is 28.1. The van der Waals surface area contributed by atoms with Crippen molar-refractivity contribution in [2.24, 2.45) is 7.05 Å². The second-order valence-corrected chi connectivity index (χ2v) is 32.2. The number of para-hydroxylation sites is 1. The third-order valence-corrected chi connectivity index (χ3v) is 24.1. The Morgan fingerprint density at radius 2 is 1.43 bits per heavy atom. The number of anilines is 1. The molecule has 23 nitrogen and oxygen atoms in total. The van der Waals surface area contributed by atoms with Crippen molar-refractivity contribution in [1.29, 1.82) is 0 Å². The summed E-state index contributed by atoms with van der Waals surface area (Å²) in [4.78, 5) is 53.8. The quantitative estimate of drug-likeness (QED) is 0.0286. The number of hydrogen-bond donors (Lipinski definition) is 4. The van der Waals surface area contributed by atoms with E-state index in [9.17, 15) is 27.9 Å². The molecule has 4 N–H and O–H groups in total. The van der Waals surface area contributed by atoms with Crippen LogP contribution in [-0.2, 0) is 65.5 Å². The highest BCUT2D eigenvalue weighted by Crippen LogP contribution is 2.44. The van der Waals surface area contributed by atoms with Crippen molar-refractivity contribution in [2.75, 3.05) is 64.1 Å². The number of aromatic carboxylic acids is 1. The molecule has 2 aliphatic heterocycles. The van der Waals surface area contributed by atoms with Gasteiger partial charge in [0, 0.05) is 120 Å². The van der Waals surface area contributed by atoms with E-state index in [1.165, 1.54) is 6.07 Å². The molecule has 0 radical (unpaired) electrons. The Kier molecular flexibility index (Phi) is 24.7. The van der Waals surface area contributed by atoms with Crippen LogP contribution in [0.2, 0.25) is 10.0 Å². The van der Waals surface area contributed by atoms with Crippen molar-refractivity contribution < 1.29 is 56.0 Å². The van der Waals surface area contributed by atoms with Crippen LogP contribution in [0.15, 0.2) is 149 Å². The average molecular weight is 1600 g/mol. The molecule has 12 aromatic rings. The number of rotatable bonds is 32. The van der Waals surface area contributed by atoms with Gasteiger partial charge in [-0.1, -0.05) is 84.7 Å². The van der Waals surface area contributed by atoms with Gasteiger partial charge in [0.15, 0.2) is 5.76 Å². The monoisotopic (exact) mass is 1600 g/mol. The normalized spacial score (nSPS) is 14.3. The second-order valence-electron chi connectivity index (χ2n) is 29.8. The first-order valence-electron chi connectivity index (χ1n) is 39.1. The highest BCUT2D eigenvalue weighted by Gasteiger charge is 2.33. The van der Waals surface area contributed by atoms with Gasteiger partial charge in [-0.15, -0.1) is 0 Å². The van der Waals surface area contributed by atoms with E-state index < -0.39 is 32.9 Å². The van der Waals surface area contributed by atoms with E-state index in [0.29, 0.717) is 108 Å². The number of furan rings is 1. The van der Waals surface area contributed by atoms with E-state index in [0.717, 1.165) is 146 Å². The molecule has 0 spiro atoms. The first kappa shape index (κ1) is 80.1. The second kappa shape index (κ2) is 35.1. The summed E-state index contributed by atoms with van der Waals surface area (Å²) in [7, 11) is -2.75. The number of carbonyl (C=O) groups excluding carboxylic acids is 2. The molecule has 6 aromatic carbocycles. The van der Waals surface area contributed by atoms with Crippen molar-refractivity contribution in [1.82, 2.24) is 49.0 Å². The van der Waals surface area contributed by atoms with E-state index in [4.69, 9.17) is 61.5 Å². The number of carbonyl (C=O) groups is 3. The van der Waals surface area contributed by atoms with Crippen LogP contribution in [0.4, 0.5) is 5.69 Å². The number of benzene rings is 6. The smallest absolute Gasteiger partial charge is 0.352 e. The highest BCUT2D eigenvalue weighted by molar-refractivity contribution is 7.90. The minimum absolute atomic E-state index is 0.0231. The van der Waals surface area contributed by atoms with Crippen LogP contribution in [0.3, 0.4) is 0 Å². The summed E-state index contributed by atoms with van der Waals surface area (Å²) in [6.07, 6.45) is 8.88. The molecule has 0 saturated carbocycles.